The molecule has 0 saturated heterocycles. The van der Waals surface area contributed by atoms with Gasteiger partial charge >= 0.3 is 11.8 Å². The zero-order valence-electron chi connectivity index (χ0n) is 22.2. The van der Waals surface area contributed by atoms with Crippen molar-refractivity contribution in [2.24, 2.45) is 0 Å². The number of benzene rings is 2. The lowest BCUT2D eigenvalue weighted by atomic mass is 10.1. The lowest BCUT2D eigenvalue weighted by Gasteiger charge is -2.37. The van der Waals surface area contributed by atoms with Gasteiger partial charge in [-0.3, -0.25) is 9.59 Å². The number of hydrogen-bond acceptors (Lipinski definition) is 2. The molecule has 198 valence electrons. The Balaban J connectivity index is 1.86. The van der Waals surface area contributed by atoms with Gasteiger partial charge in [-0.05, 0) is 85.0 Å². The molecular weight excluding hydrogens is 678 g/mol. The van der Waals surface area contributed by atoms with Crippen LogP contribution in [0.3, 0.4) is 0 Å². The fourth-order valence-electron chi connectivity index (χ4n) is 4.63. The molecule has 0 atom stereocenters. The lowest BCUT2D eigenvalue weighted by Crippen LogP contribution is -2.53. The Morgan fingerprint density at radius 1 is 0.639 bits per heavy atom. The van der Waals surface area contributed by atoms with Crippen LogP contribution in [0.15, 0.2) is 48.5 Å². The lowest BCUT2D eigenvalue weighted by molar-refractivity contribution is -0.936. The maximum atomic E-state index is 12.5. The highest BCUT2D eigenvalue weighted by molar-refractivity contribution is 14.1. The Kier molecular flexibility index (Phi) is 13.1. The van der Waals surface area contributed by atoms with Gasteiger partial charge in [0.05, 0.1) is 52.4 Å². The molecule has 8 heteroatoms. The summed E-state index contributed by atoms with van der Waals surface area (Å²) >= 11 is 4.77. The first-order valence-electron chi connectivity index (χ1n) is 13.0. The van der Waals surface area contributed by atoms with Gasteiger partial charge in [0.15, 0.2) is 0 Å². The summed E-state index contributed by atoms with van der Waals surface area (Å²) in [6.45, 7) is 17.0. The second-order valence-corrected chi connectivity index (χ2v) is 11.7. The molecule has 0 bridgehead atoms. The van der Waals surface area contributed by atoms with E-state index in [-0.39, 0.29) is 0 Å². The van der Waals surface area contributed by atoms with E-state index in [2.05, 4.69) is 132 Å². The van der Waals surface area contributed by atoms with Crippen molar-refractivity contribution in [3.05, 3.63) is 66.8 Å². The molecule has 0 aromatic heterocycles. The molecule has 0 aliphatic heterocycles. The number of rotatable bonds is 14. The molecule has 2 aromatic rings. The van der Waals surface area contributed by atoms with Gasteiger partial charge in [-0.2, -0.15) is 0 Å². The average molecular weight is 720 g/mol. The van der Waals surface area contributed by atoms with E-state index in [1.54, 1.807) is 0 Å². The van der Waals surface area contributed by atoms with Crippen LogP contribution in [-0.2, 0) is 22.7 Å². The second kappa shape index (κ2) is 15.2. The van der Waals surface area contributed by atoms with Crippen LogP contribution in [0.1, 0.15) is 38.8 Å². The summed E-state index contributed by atoms with van der Waals surface area (Å²) in [5.74, 6) is -1.09. The van der Waals surface area contributed by atoms with Crippen molar-refractivity contribution in [3.63, 3.8) is 0 Å². The number of hydrogen-bond donors (Lipinski definition) is 2. The Morgan fingerprint density at radius 2 is 0.972 bits per heavy atom. The fraction of sp³-hybridized carbons (Fsp3) is 0.500. The van der Waals surface area contributed by atoms with Crippen LogP contribution in [-0.4, -0.2) is 73.1 Å². The van der Waals surface area contributed by atoms with Gasteiger partial charge in [-0.15, -0.1) is 0 Å². The molecule has 0 radical (unpaired) electrons. The zero-order valence-corrected chi connectivity index (χ0v) is 26.5. The minimum Gasteiger partial charge on any atom is -0.342 e. The molecule has 0 spiro atoms. The Hall–Kier alpha value is -1.24. The SMILES string of the molecule is CC[N+](CC)(CCNC(=O)C(=O)NCC[N+](CC)(CC)Cc1ccccc1I)Cc1ccccc1I. The minimum atomic E-state index is -0.543. The van der Waals surface area contributed by atoms with Crippen molar-refractivity contribution < 1.29 is 18.6 Å². The number of quaternary nitrogens is 2. The van der Waals surface area contributed by atoms with Crippen molar-refractivity contribution in [2.45, 2.75) is 40.8 Å². The van der Waals surface area contributed by atoms with E-state index in [0.717, 1.165) is 61.3 Å². The minimum absolute atomic E-state index is 0.480. The molecule has 0 unspecified atom stereocenters. The number of nitrogens with one attached hydrogen (secondary N) is 2. The van der Waals surface area contributed by atoms with Gasteiger partial charge in [0.1, 0.15) is 13.1 Å². The van der Waals surface area contributed by atoms with E-state index >= 15 is 0 Å². The van der Waals surface area contributed by atoms with Crippen molar-refractivity contribution in [3.8, 4) is 0 Å². The summed E-state index contributed by atoms with van der Waals surface area (Å²) in [4.78, 5) is 25.0. The molecule has 2 N–H and O–H groups in total. The van der Waals surface area contributed by atoms with E-state index in [1.165, 1.54) is 18.3 Å². The normalized spacial score (nSPS) is 11.8. The predicted molar refractivity (Wildman–Crippen MR) is 164 cm³/mol. The smallest absolute Gasteiger partial charge is 0.309 e. The van der Waals surface area contributed by atoms with Crippen LogP contribution in [0.4, 0.5) is 0 Å². The maximum Gasteiger partial charge on any atom is 0.309 e. The molecule has 0 heterocycles. The van der Waals surface area contributed by atoms with Crippen molar-refractivity contribution in [1.29, 1.82) is 0 Å². The van der Waals surface area contributed by atoms with Gasteiger partial charge in [-0.1, -0.05) is 36.4 Å². The first-order chi connectivity index (χ1) is 17.2. The van der Waals surface area contributed by atoms with E-state index in [9.17, 15) is 9.59 Å². The summed E-state index contributed by atoms with van der Waals surface area (Å²) in [5.41, 5.74) is 2.65. The summed E-state index contributed by atoms with van der Waals surface area (Å²) < 4.78 is 4.26. The molecule has 6 nitrogen and oxygen atoms in total. The Bertz CT molecular complexity index is 912. The number of amides is 2. The number of halogens is 2. The van der Waals surface area contributed by atoms with Crippen LogP contribution in [0.2, 0.25) is 0 Å². The Morgan fingerprint density at radius 3 is 1.28 bits per heavy atom. The third-order valence-electron chi connectivity index (χ3n) is 7.56. The van der Waals surface area contributed by atoms with Crippen LogP contribution < -0.4 is 10.6 Å². The highest BCUT2D eigenvalue weighted by Gasteiger charge is 2.27. The monoisotopic (exact) mass is 720 g/mol. The van der Waals surface area contributed by atoms with E-state index < -0.39 is 11.8 Å². The predicted octanol–water partition coefficient (Wildman–Crippen LogP) is 4.54. The standard InChI is InChI=1S/C28H40I2N4O2/c1-5-33(6-2,21-23-13-9-11-15-25(23)29)19-17-31-27(35)28(36)32-18-20-34(7-3,8-4)22-24-14-10-12-16-26(24)30/h9-16H,5-8,17-22H2,1-4H3/p+2. The fourth-order valence-corrected chi connectivity index (χ4v) is 5.75. The highest BCUT2D eigenvalue weighted by Crippen LogP contribution is 2.20. The highest BCUT2D eigenvalue weighted by atomic mass is 127. The number of carbonyl (C=O) groups excluding carboxylic acids is 2. The molecular formula is C28H42I2N4O2+2. The van der Waals surface area contributed by atoms with E-state index in [4.69, 9.17) is 0 Å². The Labute approximate surface area is 244 Å². The largest absolute Gasteiger partial charge is 0.342 e. The van der Waals surface area contributed by atoms with Crippen LogP contribution >= 0.6 is 45.2 Å². The number of likely N-dealkylation sites (N-methyl/N-ethyl adjacent to an activating group) is 2. The molecule has 0 fully saturated rings. The quantitative estimate of drug-likeness (QED) is 0.171. The zero-order chi connectivity index (χ0) is 26.6. The first-order valence-corrected chi connectivity index (χ1v) is 15.1. The molecule has 2 rings (SSSR count). The summed E-state index contributed by atoms with van der Waals surface area (Å²) in [7, 11) is 0. The summed E-state index contributed by atoms with van der Waals surface area (Å²) in [6.07, 6.45) is 0. The van der Waals surface area contributed by atoms with Crippen molar-refractivity contribution >= 4 is 57.0 Å². The second-order valence-electron chi connectivity index (χ2n) is 9.41. The maximum absolute atomic E-state index is 12.5. The summed E-state index contributed by atoms with van der Waals surface area (Å²) in [6, 6.07) is 16.9. The molecule has 0 aliphatic rings. The van der Waals surface area contributed by atoms with Gasteiger partial charge < -0.3 is 19.6 Å². The molecule has 2 amide bonds. The van der Waals surface area contributed by atoms with Gasteiger partial charge in [0, 0.05) is 18.3 Å². The van der Waals surface area contributed by atoms with Gasteiger partial charge in [-0.25, -0.2) is 0 Å². The third kappa shape index (κ3) is 8.95. The van der Waals surface area contributed by atoms with E-state index in [0.29, 0.717) is 13.1 Å². The van der Waals surface area contributed by atoms with Gasteiger partial charge in [0.25, 0.3) is 0 Å². The van der Waals surface area contributed by atoms with Crippen LogP contribution in [0, 0.1) is 7.14 Å². The van der Waals surface area contributed by atoms with Crippen molar-refractivity contribution in [2.75, 3.05) is 52.4 Å². The average Bonchev–Trinajstić information content (AvgIpc) is 2.89. The molecule has 0 saturated carbocycles. The number of nitrogens with zero attached hydrogens (tertiary/aromatic N) is 2. The summed E-state index contributed by atoms with van der Waals surface area (Å²) in [5, 5.41) is 5.71. The molecule has 0 aliphatic carbocycles. The first kappa shape index (κ1) is 31.0. The van der Waals surface area contributed by atoms with Crippen LogP contribution in [0.25, 0.3) is 0 Å². The van der Waals surface area contributed by atoms with Gasteiger partial charge in [0.2, 0.25) is 0 Å². The molecule has 36 heavy (non-hydrogen) atoms. The van der Waals surface area contributed by atoms with E-state index in [1.807, 2.05) is 0 Å². The molecule has 2 aromatic carbocycles. The third-order valence-corrected chi connectivity index (χ3v) is 9.66. The van der Waals surface area contributed by atoms with Crippen molar-refractivity contribution in [1.82, 2.24) is 10.6 Å². The number of carbonyl (C=O) groups is 2. The van der Waals surface area contributed by atoms with Crippen LogP contribution in [0.5, 0.6) is 0 Å². The topological polar surface area (TPSA) is 58.2 Å².